The van der Waals surface area contributed by atoms with E-state index in [0.29, 0.717) is 4.90 Å². The lowest BCUT2D eigenvalue weighted by molar-refractivity contribution is 0.611. The van der Waals surface area contributed by atoms with Crippen molar-refractivity contribution in [2.24, 2.45) is 0 Å². The zero-order chi connectivity index (χ0) is 11.5. The second-order valence-electron chi connectivity index (χ2n) is 2.41. The van der Waals surface area contributed by atoms with Crippen molar-refractivity contribution in [2.75, 3.05) is 11.5 Å². The van der Waals surface area contributed by atoms with Gasteiger partial charge in [-0.1, -0.05) is 23.2 Å². The first-order valence-electron chi connectivity index (χ1n) is 3.62. The summed E-state index contributed by atoms with van der Waals surface area (Å²) in [6.45, 7) is 0. The lowest BCUT2D eigenvalue weighted by Gasteiger charge is -2.01. The summed E-state index contributed by atoms with van der Waals surface area (Å²) in [6.07, 6.45) is 0. The van der Waals surface area contributed by atoms with Gasteiger partial charge < -0.3 is 0 Å². The average molecular weight is 308 g/mol. The van der Waals surface area contributed by atoms with Gasteiger partial charge in [-0.25, -0.2) is 8.42 Å². The second kappa shape index (κ2) is 5.54. The van der Waals surface area contributed by atoms with Crippen LogP contribution in [0.1, 0.15) is 0 Å². The van der Waals surface area contributed by atoms with Crippen LogP contribution in [0.25, 0.3) is 0 Å². The van der Waals surface area contributed by atoms with Crippen LogP contribution in [0.4, 0.5) is 0 Å². The Kier molecular flexibility index (Phi) is 4.92. The molecule has 9 heteroatoms. The van der Waals surface area contributed by atoms with Gasteiger partial charge >= 0.3 is 0 Å². The van der Waals surface area contributed by atoms with E-state index in [-0.39, 0.29) is 21.8 Å². The minimum absolute atomic E-state index is 0.143. The van der Waals surface area contributed by atoms with Crippen molar-refractivity contribution in [3.8, 4) is 0 Å². The molecule has 0 spiro atoms. The van der Waals surface area contributed by atoms with Gasteiger partial charge in [-0.05, 0) is 6.07 Å². The van der Waals surface area contributed by atoms with Gasteiger partial charge in [0.15, 0.2) is 10.3 Å². The Balaban J connectivity index is 2.61. The second-order valence-corrected chi connectivity index (χ2v) is 7.19. The van der Waals surface area contributed by atoms with Crippen LogP contribution in [-0.4, -0.2) is 30.1 Å². The minimum Gasteiger partial charge on any atom is -0.212 e. The zero-order valence-corrected chi connectivity index (χ0v) is 11.1. The number of aromatic nitrogens is 2. The molecule has 0 atom stereocenters. The van der Waals surface area contributed by atoms with Crippen LogP contribution in [0.5, 0.6) is 0 Å². The third-order valence-electron chi connectivity index (χ3n) is 1.27. The van der Waals surface area contributed by atoms with E-state index in [1.165, 1.54) is 17.8 Å². The molecule has 0 saturated heterocycles. The molecule has 1 rings (SSSR count). The molecule has 0 amide bonds. The van der Waals surface area contributed by atoms with Crippen molar-refractivity contribution in [1.29, 1.82) is 0 Å². The predicted molar refractivity (Wildman–Crippen MR) is 62.4 cm³/mol. The van der Waals surface area contributed by atoms with E-state index in [2.05, 4.69) is 10.2 Å². The first-order chi connectivity index (χ1) is 6.88. The summed E-state index contributed by atoms with van der Waals surface area (Å²) in [4.78, 5) is 0.581. The van der Waals surface area contributed by atoms with E-state index in [4.69, 9.17) is 33.9 Å². The Morgan fingerprint density at radius 1 is 1.33 bits per heavy atom. The van der Waals surface area contributed by atoms with E-state index in [0.717, 1.165) is 0 Å². The molecule has 0 aliphatic rings. The summed E-state index contributed by atoms with van der Waals surface area (Å²) in [7, 11) is 1.56. The smallest absolute Gasteiger partial charge is 0.212 e. The maximum atomic E-state index is 10.6. The maximum absolute atomic E-state index is 10.6. The fraction of sp³-hybridized carbons (Fsp3) is 0.333. The van der Waals surface area contributed by atoms with Crippen LogP contribution >= 0.6 is 45.6 Å². The number of halogens is 3. The SMILES string of the molecule is O=S(=O)(Cl)CCSc1cc(Cl)nnc1Cl. The van der Waals surface area contributed by atoms with Crippen LogP contribution in [0.15, 0.2) is 11.0 Å². The highest BCUT2D eigenvalue weighted by Gasteiger charge is 2.08. The van der Waals surface area contributed by atoms with Crippen LogP contribution in [0.3, 0.4) is 0 Å². The summed E-state index contributed by atoms with van der Waals surface area (Å²) < 4.78 is 21.3. The highest BCUT2D eigenvalue weighted by Crippen LogP contribution is 2.26. The number of rotatable bonds is 4. The predicted octanol–water partition coefficient (Wildman–Crippen LogP) is 2.44. The molecular weight excluding hydrogens is 303 g/mol. The van der Waals surface area contributed by atoms with Crippen LogP contribution in [0.2, 0.25) is 10.3 Å². The van der Waals surface area contributed by atoms with Crippen molar-refractivity contribution in [1.82, 2.24) is 10.2 Å². The van der Waals surface area contributed by atoms with Crippen LogP contribution < -0.4 is 0 Å². The minimum atomic E-state index is -3.48. The van der Waals surface area contributed by atoms with Gasteiger partial charge in [-0.15, -0.1) is 22.0 Å². The van der Waals surface area contributed by atoms with E-state index in [1.807, 2.05) is 0 Å². The normalized spacial score (nSPS) is 11.7. The van der Waals surface area contributed by atoms with Crippen molar-refractivity contribution in [3.63, 3.8) is 0 Å². The number of nitrogens with zero attached hydrogens (tertiary/aromatic N) is 2. The van der Waals surface area contributed by atoms with E-state index in [9.17, 15) is 8.42 Å². The summed E-state index contributed by atoms with van der Waals surface area (Å²) in [5.41, 5.74) is 0. The molecule has 1 aromatic heterocycles. The Bertz CT molecular complexity index is 452. The monoisotopic (exact) mass is 306 g/mol. The van der Waals surface area contributed by atoms with Crippen LogP contribution in [0, 0.1) is 0 Å². The fourth-order valence-electron chi connectivity index (χ4n) is 0.690. The van der Waals surface area contributed by atoms with E-state index >= 15 is 0 Å². The standard InChI is InChI=1S/C6H5Cl3N2O2S2/c7-5-3-4(6(8)11-10-5)14-1-2-15(9,12)13/h3H,1-2H2. The largest absolute Gasteiger partial charge is 0.233 e. The molecule has 0 aromatic carbocycles. The Morgan fingerprint density at radius 2 is 2.00 bits per heavy atom. The zero-order valence-electron chi connectivity index (χ0n) is 7.15. The molecule has 0 saturated carbocycles. The summed E-state index contributed by atoms with van der Waals surface area (Å²) in [5, 5.41) is 7.49. The van der Waals surface area contributed by atoms with Gasteiger partial charge in [0.2, 0.25) is 9.05 Å². The van der Waals surface area contributed by atoms with E-state index < -0.39 is 9.05 Å². The molecule has 0 fully saturated rings. The molecule has 0 bridgehead atoms. The molecule has 0 radical (unpaired) electrons. The van der Waals surface area contributed by atoms with Gasteiger partial charge in [-0.3, -0.25) is 0 Å². The lowest BCUT2D eigenvalue weighted by Crippen LogP contribution is -1.99. The molecule has 1 heterocycles. The molecule has 84 valence electrons. The number of hydrogen-bond acceptors (Lipinski definition) is 5. The first kappa shape index (κ1) is 13.3. The van der Waals surface area contributed by atoms with Crippen LogP contribution in [-0.2, 0) is 9.05 Å². The Morgan fingerprint density at radius 3 is 2.60 bits per heavy atom. The molecule has 0 unspecified atom stereocenters. The third kappa shape index (κ3) is 5.21. The molecule has 0 aliphatic carbocycles. The highest BCUT2D eigenvalue weighted by atomic mass is 35.7. The Hall–Kier alpha value is 0.250. The van der Waals surface area contributed by atoms with Gasteiger partial charge in [0, 0.05) is 21.3 Å². The summed E-state index contributed by atoms with van der Waals surface area (Å²) in [6, 6.07) is 1.52. The quantitative estimate of drug-likeness (QED) is 0.631. The third-order valence-corrected chi connectivity index (χ3v) is 4.29. The molecule has 0 aliphatic heterocycles. The molecule has 4 nitrogen and oxygen atoms in total. The molecule has 0 N–H and O–H groups in total. The number of hydrogen-bond donors (Lipinski definition) is 0. The van der Waals surface area contributed by atoms with Crippen molar-refractivity contribution < 1.29 is 8.42 Å². The van der Waals surface area contributed by atoms with E-state index in [1.54, 1.807) is 0 Å². The van der Waals surface area contributed by atoms with Gasteiger partial charge in [0.05, 0.1) is 5.75 Å². The lowest BCUT2D eigenvalue weighted by atomic mass is 10.6. The number of thioether (sulfide) groups is 1. The van der Waals surface area contributed by atoms with Crippen molar-refractivity contribution >= 4 is 54.7 Å². The highest BCUT2D eigenvalue weighted by molar-refractivity contribution is 8.14. The van der Waals surface area contributed by atoms with Gasteiger partial charge in [-0.2, -0.15) is 0 Å². The van der Waals surface area contributed by atoms with Gasteiger partial charge in [0.1, 0.15) is 0 Å². The fourth-order valence-corrected chi connectivity index (χ4v) is 3.43. The topological polar surface area (TPSA) is 59.9 Å². The molecule has 1 aromatic rings. The average Bonchev–Trinajstić information content (AvgIpc) is 2.09. The molecular formula is C6H5Cl3N2O2S2. The van der Waals surface area contributed by atoms with Crippen molar-refractivity contribution in [2.45, 2.75) is 4.90 Å². The van der Waals surface area contributed by atoms with Crippen molar-refractivity contribution in [3.05, 3.63) is 16.4 Å². The summed E-state index contributed by atoms with van der Waals surface area (Å²) >= 11 is 12.5. The van der Waals surface area contributed by atoms with Gasteiger partial charge in [0.25, 0.3) is 0 Å². The Labute approximate surface area is 106 Å². The maximum Gasteiger partial charge on any atom is 0.233 e. The first-order valence-corrected chi connectivity index (χ1v) is 7.84. The summed E-state index contributed by atoms with van der Waals surface area (Å²) in [5.74, 6) is 0.142. The molecule has 15 heavy (non-hydrogen) atoms.